The Hall–Kier alpha value is -6.66. The van der Waals surface area contributed by atoms with Crippen molar-refractivity contribution >= 4 is 85.5 Å². The molecule has 13 rings (SSSR count). The molecule has 398 valence electrons. The minimum atomic E-state index is -0.209. The zero-order valence-electron chi connectivity index (χ0n) is 49.7. The number of fused-ring (bicyclic) bond motifs is 10. The van der Waals surface area contributed by atoms with Gasteiger partial charge in [-0.2, -0.15) is 0 Å². The molecule has 1 aromatic heterocycles. The summed E-state index contributed by atoms with van der Waals surface area (Å²) in [7, 11) is 0. The number of benzene rings is 7. The molecule has 4 heterocycles. The van der Waals surface area contributed by atoms with Gasteiger partial charge < -0.3 is 23.9 Å². The van der Waals surface area contributed by atoms with Crippen molar-refractivity contribution < 1.29 is 9.15 Å². The first-order chi connectivity index (χ1) is 36.5. The molecule has 0 saturated heterocycles. The van der Waals surface area contributed by atoms with Crippen molar-refractivity contribution in [3.8, 4) is 11.5 Å². The lowest BCUT2D eigenvalue weighted by Gasteiger charge is -2.47. The monoisotopic (exact) mass is 1030 g/mol. The summed E-state index contributed by atoms with van der Waals surface area (Å²) in [6.45, 7) is 40.1. The topological polar surface area (TPSA) is 32.1 Å². The van der Waals surface area contributed by atoms with Crippen LogP contribution in [0.15, 0.2) is 132 Å². The maximum atomic E-state index is 7.78. The van der Waals surface area contributed by atoms with Gasteiger partial charge in [0.15, 0.2) is 11.5 Å². The molecule has 0 unspecified atom stereocenters. The summed E-state index contributed by atoms with van der Waals surface area (Å²) in [6, 6.07) is 49.5. The second-order valence-corrected chi connectivity index (χ2v) is 29.6. The number of rotatable bonds is 3. The van der Waals surface area contributed by atoms with E-state index in [0.717, 1.165) is 93.9 Å². The van der Waals surface area contributed by atoms with E-state index in [-0.39, 0.29) is 44.6 Å². The summed E-state index contributed by atoms with van der Waals surface area (Å²) in [5, 5.41) is 1.17. The Morgan fingerprint density at radius 1 is 0.410 bits per heavy atom. The van der Waals surface area contributed by atoms with Gasteiger partial charge in [0, 0.05) is 33.8 Å². The van der Waals surface area contributed by atoms with Crippen LogP contribution < -0.4 is 36.0 Å². The van der Waals surface area contributed by atoms with Crippen molar-refractivity contribution in [1.29, 1.82) is 0 Å². The Balaban J connectivity index is 1.19. The summed E-state index contributed by atoms with van der Waals surface area (Å²) < 4.78 is 14.7. The summed E-state index contributed by atoms with van der Waals surface area (Å²) in [5.74, 6) is 1.69. The van der Waals surface area contributed by atoms with Gasteiger partial charge in [-0.25, -0.2) is 0 Å². The normalized spacial score (nSPS) is 18.3. The van der Waals surface area contributed by atoms with Crippen LogP contribution >= 0.6 is 0 Å². The zero-order chi connectivity index (χ0) is 55.2. The first-order valence-corrected chi connectivity index (χ1v) is 29.0. The average Bonchev–Trinajstić information content (AvgIpc) is 2.89. The Kier molecular flexibility index (Phi) is 10.7. The quantitative estimate of drug-likeness (QED) is 0.165. The lowest BCUT2D eigenvalue weighted by Crippen LogP contribution is -2.61. The molecule has 0 saturated carbocycles. The van der Waals surface area contributed by atoms with Crippen molar-refractivity contribution in [1.82, 2.24) is 0 Å². The molecule has 0 atom stereocenters. The van der Waals surface area contributed by atoms with Crippen molar-refractivity contribution in [3.63, 3.8) is 0 Å². The minimum absolute atomic E-state index is 0.00278. The van der Waals surface area contributed by atoms with Gasteiger partial charge in [-0.3, -0.25) is 0 Å². The second kappa shape index (κ2) is 16.5. The molecule has 6 heteroatoms. The van der Waals surface area contributed by atoms with Crippen molar-refractivity contribution in [2.45, 2.75) is 181 Å². The van der Waals surface area contributed by atoms with Gasteiger partial charge in [-0.05, 0) is 192 Å². The molecule has 7 aromatic carbocycles. The number of hydrogen-bond acceptors (Lipinski definition) is 5. The van der Waals surface area contributed by atoms with Gasteiger partial charge in [0.05, 0.1) is 28.4 Å². The van der Waals surface area contributed by atoms with E-state index in [1.54, 1.807) is 0 Å². The molecular weight excluding hydrogens is 950 g/mol. The smallest absolute Gasteiger partial charge is 0.297 e. The van der Waals surface area contributed by atoms with E-state index >= 15 is 0 Å². The SMILES string of the molecule is CC(C)(C)c1ccc(N2c3cc4c(cc3B3c5oc6cc7c(cc6c5N(c5ccc(C(C)(C)C)cc5)c5cc(N6c8ccccc8Oc8cc(C(C)(C)C)ccc86)cc2c53)C(C)(C)CCC7(C)C)C(C)(C)CCC4(C)C)cc1. The molecule has 2 aliphatic carbocycles. The van der Waals surface area contributed by atoms with Crippen LogP contribution in [0.3, 0.4) is 0 Å². The van der Waals surface area contributed by atoms with Crippen molar-refractivity contribution in [2.75, 3.05) is 14.7 Å². The predicted molar refractivity (Wildman–Crippen MR) is 332 cm³/mol. The van der Waals surface area contributed by atoms with E-state index in [9.17, 15) is 0 Å². The number of anilines is 9. The average molecular weight is 1030 g/mol. The number of nitrogens with zero attached hydrogens (tertiary/aromatic N) is 3. The van der Waals surface area contributed by atoms with Crippen molar-refractivity contribution in [3.05, 3.63) is 166 Å². The molecule has 0 fully saturated rings. The van der Waals surface area contributed by atoms with E-state index in [4.69, 9.17) is 9.15 Å². The molecule has 0 N–H and O–H groups in total. The third kappa shape index (κ3) is 7.68. The number of para-hydroxylation sites is 2. The lowest BCUT2D eigenvalue weighted by molar-refractivity contribution is 0.332. The van der Waals surface area contributed by atoms with E-state index in [1.807, 2.05) is 0 Å². The fourth-order valence-electron chi connectivity index (χ4n) is 14.0. The fraction of sp³-hybridized carbons (Fsp3) is 0.389. The molecule has 3 aliphatic heterocycles. The Bertz CT molecular complexity index is 3790. The summed E-state index contributed by atoms with van der Waals surface area (Å²) in [4.78, 5) is 7.67. The predicted octanol–water partition coefficient (Wildman–Crippen LogP) is 18.7. The molecule has 5 nitrogen and oxygen atoms in total. The summed E-state index contributed by atoms with van der Waals surface area (Å²) in [5.41, 5.74) is 24.0. The molecule has 8 aromatic rings. The Morgan fingerprint density at radius 3 is 1.44 bits per heavy atom. The third-order valence-electron chi connectivity index (χ3n) is 19.2. The van der Waals surface area contributed by atoms with E-state index in [0.29, 0.717) is 0 Å². The molecule has 78 heavy (non-hydrogen) atoms. The van der Waals surface area contributed by atoms with Crippen LogP contribution in [0.25, 0.3) is 11.0 Å². The van der Waals surface area contributed by atoms with Crippen LogP contribution in [0.5, 0.6) is 11.5 Å². The first-order valence-electron chi connectivity index (χ1n) is 29.0. The first kappa shape index (κ1) is 50.8. The van der Waals surface area contributed by atoms with Crippen LogP contribution in [-0.2, 0) is 37.9 Å². The molecule has 5 aliphatic rings. The van der Waals surface area contributed by atoms with E-state index in [2.05, 4.69) is 260 Å². The highest BCUT2D eigenvalue weighted by Gasteiger charge is 2.50. The van der Waals surface area contributed by atoms with Gasteiger partial charge in [-0.1, -0.05) is 166 Å². The number of ether oxygens (including phenoxy) is 1. The fourth-order valence-corrected chi connectivity index (χ4v) is 14.0. The second-order valence-electron chi connectivity index (χ2n) is 29.6. The lowest BCUT2D eigenvalue weighted by atomic mass is 9.35. The van der Waals surface area contributed by atoms with Gasteiger partial charge in [0.25, 0.3) is 6.71 Å². The summed E-state index contributed by atoms with van der Waals surface area (Å²) in [6.07, 6.45) is 4.52. The zero-order valence-corrected chi connectivity index (χ0v) is 49.7. The largest absolute Gasteiger partial charge is 0.468 e. The van der Waals surface area contributed by atoms with Crippen LogP contribution in [0.4, 0.5) is 51.2 Å². The summed E-state index contributed by atoms with van der Waals surface area (Å²) >= 11 is 0. The van der Waals surface area contributed by atoms with Crippen LogP contribution in [-0.4, -0.2) is 6.71 Å². The Morgan fingerprint density at radius 2 is 0.872 bits per heavy atom. The third-order valence-corrected chi connectivity index (χ3v) is 19.2. The van der Waals surface area contributed by atoms with E-state index < -0.39 is 0 Å². The maximum absolute atomic E-state index is 7.78. The number of hydrogen-bond donors (Lipinski definition) is 0. The molecule has 0 bridgehead atoms. The van der Waals surface area contributed by atoms with Gasteiger partial charge in [0.2, 0.25) is 0 Å². The molecule has 0 spiro atoms. The number of furan rings is 1. The highest BCUT2D eigenvalue weighted by Crippen LogP contribution is 2.57. The van der Waals surface area contributed by atoms with Crippen molar-refractivity contribution in [2.24, 2.45) is 0 Å². The maximum Gasteiger partial charge on any atom is 0.297 e. The molecule has 0 amide bonds. The van der Waals surface area contributed by atoms with Gasteiger partial charge in [0.1, 0.15) is 5.58 Å². The molecular formula is C72H80BN3O2. The minimum Gasteiger partial charge on any atom is -0.468 e. The van der Waals surface area contributed by atoms with Crippen LogP contribution in [0, 0.1) is 0 Å². The highest BCUT2D eigenvalue weighted by atomic mass is 16.5. The highest BCUT2D eigenvalue weighted by molar-refractivity contribution is 7.00. The van der Waals surface area contributed by atoms with E-state index in [1.165, 1.54) is 60.9 Å². The van der Waals surface area contributed by atoms with Crippen LogP contribution in [0.2, 0.25) is 0 Å². The van der Waals surface area contributed by atoms with Crippen LogP contribution in [0.1, 0.15) is 182 Å². The Labute approximate surface area is 466 Å². The van der Waals surface area contributed by atoms with Gasteiger partial charge >= 0.3 is 0 Å². The molecule has 0 radical (unpaired) electrons. The van der Waals surface area contributed by atoms with Gasteiger partial charge in [-0.15, -0.1) is 0 Å². The standard InChI is InChI=1S/C72H80BN3O2/c1-66(2,3)43-22-27-46(28-23-43)74-57-41-52-51(70(12,13)33-34-71(52,14)15)40-54(57)73-63-58(74)37-48(75-55-20-18-19-21-60(55)77-62-36-45(68(7,8)9)26-31-56(62)75)38-59(63)76(47-29-24-44(25-30-47)67(4,5)6)64-49-39-50-53(42-61(49)78-65(64)73)72(16,17)35-32-69(50,10)11/h18-31,36-42H,32-35H2,1-17H3.